The van der Waals surface area contributed by atoms with E-state index in [0.717, 1.165) is 30.4 Å². The first-order chi connectivity index (χ1) is 15.0. The Bertz CT molecular complexity index is 955. The number of ketones is 1. The van der Waals surface area contributed by atoms with Gasteiger partial charge in [-0.25, -0.2) is 0 Å². The summed E-state index contributed by atoms with van der Waals surface area (Å²) in [6.45, 7) is -0.442. The molecular weight excluding hydrogens is 392 g/mol. The van der Waals surface area contributed by atoms with Gasteiger partial charge in [0.05, 0.1) is 12.5 Å². The number of hydrogen-bond donors (Lipinski definition) is 1. The third kappa shape index (κ3) is 6.26. The Balaban J connectivity index is 1.42. The van der Waals surface area contributed by atoms with Crippen molar-refractivity contribution in [2.24, 2.45) is 0 Å². The van der Waals surface area contributed by atoms with E-state index in [9.17, 15) is 19.6 Å². The van der Waals surface area contributed by atoms with Crippen molar-refractivity contribution in [2.45, 2.75) is 50.5 Å². The lowest BCUT2D eigenvalue weighted by Crippen LogP contribution is -2.50. The Morgan fingerprint density at radius 1 is 0.903 bits per heavy atom. The normalized spacial score (nSPS) is 14.8. The van der Waals surface area contributed by atoms with Gasteiger partial charge in [-0.2, -0.15) is 5.26 Å². The van der Waals surface area contributed by atoms with Crippen LogP contribution in [0, 0.1) is 11.3 Å². The average molecular weight is 418 g/mol. The Labute approximate surface area is 182 Å². The van der Waals surface area contributed by atoms with E-state index in [1.807, 2.05) is 42.5 Å². The molecule has 0 atom stereocenters. The molecule has 1 saturated carbocycles. The molecule has 0 unspecified atom stereocenters. The Hall–Kier alpha value is -3.46. The van der Waals surface area contributed by atoms with Gasteiger partial charge in [-0.05, 0) is 24.0 Å². The largest absolute Gasteiger partial charge is 0.456 e. The Kier molecular flexibility index (Phi) is 7.55. The number of rotatable bonds is 8. The number of carbonyl (C=O) groups is 3. The summed E-state index contributed by atoms with van der Waals surface area (Å²) in [5.74, 6) is -1.26. The topological polar surface area (TPSA) is 96.3 Å². The molecule has 0 radical (unpaired) electrons. The van der Waals surface area contributed by atoms with Crippen LogP contribution in [0.15, 0.2) is 54.6 Å². The molecule has 0 saturated heterocycles. The van der Waals surface area contributed by atoms with Crippen LogP contribution >= 0.6 is 0 Å². The number of amides is 1. The fourth-order valence-corrected chi connectivity index (χ4v) is 3.78. The zero-order chi connectivity index (χ0) is 22.1. The summed E-state index contributed by atoms with van der Waals surface area (Å²) < 4.78 is 4.99. The van der Waals surface area contributed by atoms with Crippen LogP contribution in [0.2, 0.25) is 0 Å². The number of nitrogens with one attached hydrogen (secondary N) is 1. The van der Waals surface area contributed by atoms with E-state index < -0.39 is 24.0 Å². The van der Waals surface area contributed by atoms with Gasteiger partial charge in [-0.1, -0.05) is 73.9 Å². The van der Waals surface area contributed by atoms with E-state index in [1.165, 1.54) is 0 Å². The highest BCUT2D eigenvalue weighted by atomic mass is 16.5. The molecule has 6 nitrogen and oxygen atoms in total. The lowest BCUT2D eigenvalue weighted by atomic mass is 9.83. The number of Topliss-reactive ketones (excluding diaryl/α,β-unsaturated/α-hetero) is 1. The van der Waals surface area contributed by atoms with Crippen molar-refractivity contribution in [3.63, 3.8) is 0 Å². The van der Waals surface area contributed by atoms with E-state index in [2.05, 4.69) is 11.4 Å². The quantitative estimate of drug-likeness (QED) is 0.512. The van der Waals surface area contributed by atoms with Crippen LogP contribution in [0.25, 0.3) is 11.1 Å². The molecule has 1 amide bonds. The molecule has 2 aromatic carbocycles. The van der Waals surface area contributed by atoms with Crippen LogP contribution < -0.4 is 5.32 Å². The summed E-state index contributed by atoms with van der Waals surface area (Å²) in [4.78, 5) is 36.4. The molecule has 0 heterocycles. The monoisotopic (exact) mass is 418 g/mol. The van der Waals surface area contributed by atoms with Crippen molar-refractivity contribution in [3.8, 4) is 17.2 Å². The fraction of sp³-hybridized carbons (Fsp3) is 0.360. The zero-order valence-corrected chi connectivity index (χ0v) is 17.4. The summed E-state index contributed by atoms with van der Waals surface area (Å²) in [6.07, 6.45) is 3.96. The standard InChI is InChI=1S/C25H26N2O4/c26-18-25(15-5-2-6-16-25)27-23(29)17-31-24(30)14-13-22(28)21-11-9-20(10-12-21)19-7-3-1-4-8-19/h1,3-4,7-12H,2,5-6,13-17H2,(H,27,29). The van der Waals surface area contributed by atoms with Crippen molar-refractivity contribution in [1.29, 1.82) is 5.26 Å². The Morgan fingerprint density at radius 2 is 1.55 bits per heavy atom. The van der Waals surface area contributed by atoms with Crippen LogP contribution in [-0.2, 0) is 14.3 Å². The van der Waals surface area contributed by atoms with Gasteiger partial charge in [0, 0.05) is 12.0 Å². The van der Waals surface area contributed by atoms with Gasteiger partial charge in [-0.15, -0.1) is 0 Å². The summed E-state index contributed by atoms with van der Waals surface area (Å²) >= 11 is 0. The summed E-state index contributed by atoms with van der Waals surface area (Å²) in [5, 5.41) is 12.1. The number of ether oxygens (including phenoxy) is 1. The van der Waals surface area contributed by atoms with Gasteiger partial charge in [0.2, 0.25) is 0 Å². The molecule has 0 bridgehead atoms. The maximum absolute atomic E-state index is 12.4. The smallest absolute Gasteiger partial charge is 0.306 e. The first-order valence-electron chi connectivity index (χ1n) is 10.6. The molecule has 0 aliphatic heterocycles. The number of nitriles is 1. The maximum atomic E-state index is 12.4. The first-order valence-corrected chi connectivity index (χ1v) is 10.6. The van der Waals surface area contributed by atoms with E-state index in [0.29, 0.717) is 18.4 Å². The van der Waals surface area contributed by atoms with Gasteiger partial charge in [0.25, 0.3) is 5.91 Å². The summed E-state index contributed by atoms with van der Waals surface area (Å²) in [6, 6.07) is 19.3. The molecule has 0 aromatic heterocycles. The molecule has 6 heteroatoms. The van der Waals surface area contributed by atoms with Gasteiger partial charge < -0.3 is 10.1 Å². The third-order valence-corrected chi connectivity index (χ3v) is 5.53. The van der Waals surface area contributed by atoms with E-state index in [1.54, 1.807) is 12.1 Å². The van der Waals surface area contributed by atoms with E-state index in [4.69, 9.17) is 4.74 Å². The molecule has 1 aliphatic rings. The van der Waals surface area contributed by atoms with Gasteiger partial charge in [0.1, 0.15) is 5.54 Å². The predicted molar refractivity (Wildman–Crippen MR) is 116 cm³/mol. The summed E-state index contributed by atoms with van der Waals surface area (Å²) in [7, 11) is 0. The zero-order valence-electron chi connectivity index (χ0n) is 17.4. The molecule has 3 rings (SSSR count). The van der Waals surface area contributed by atoms with E-state index >= 15 is 0 Å². The molecule has 1 aliphatic carbocycles. The third-order valence-electron chi connectivity index (χ3n) is 5.53. The van der Waals surface area contributed by atoms with Crippen molar-refractivity contribution in [1.82, 2.24) is 5.32 Å². The molecule has 1 fully saturated rings. The number of nitrogens with zero attached hydrogens (tertiary/aromatic N) is 1. The van der Waals surface area contributed by atoms with Crippen LogP contribution in [0.5, 0.6) is 0 Å². The number of esters is 1. The lowest BCUT2D eigenvalue weighted by molar-refractivity contribution is -0.148. The second-order valence-corrected chi connectivity index (χ2v) is 7.83. The van der Waals surface area contributed by atoms with Crippen molar-refractivity contribution < 1.29 is 19.1 Å². The first kappa shape index (κ1) is 22.2. The minimum Gasteiger partial charge on any atom is -0.456 e. The highest BCUT2D eigenvalue weighted by Gasteiger charge is 2.33. The highest BCUT2D eigenvalue weighted by molar-refractivity contribution is 5.98. The molecular formula is C25H26N2O4. The minimum absolute atomic E-state index is 0.00721. The van der Waals surface area contributed by atoms with Crippen LogP contribution in [0.4, 0.5) is 0 Å². The lowest BCUT2D eigenvalue weighted by Gasteiger charge is -2.31. The van der Waals surface area contributed by atoms with Gasteiger partial charge in [0.15, 0.2) is 12.4 Å². The van der Waals surface area contributed by atoms with Gasteiger partial charge >= 0.3 is 5.97 Å². The molecule has 0 spiro atoms. The van der Waals surface area contributed by atoms with Gasteiger partial charge in [-0.3, -0.25) is 14.4 Å². The number of carbonyl (C=O) groups excluding carboxylic acids is 3. The minimum atomic E-state index is -0.858. The van der Waals surface area contributed by atoms with Crippen LogP contribution in [-0.4, -0.2) is 29.8 Å². The predicted octanol–water partition coefficient (Wildman–Crippen LogP) is 4.20. The molecule has 160 valence electrons. The molecule has 2 aromatic rings. The van der Waals surface area contributed by atoms with Crippen molar-refractivity contribution >= 4 is 17.7 Å². The fourth-order valence-electron chi connectivity index (χ4n) is 3.78. The second kappa shape index (κ2) is 10.5. The second-order valence-electron chi connectivity index (χ2n) is 7.83. The van der Waals surface area contributed by atoms with Crippen LogP contribution in [0.1, 0.15) is 55.3 Å². The maximum Gasteiger partial charge on any atom is 0.306 e. The van der Waals surface area contributed by atoms with Crippen molar-refractivity contribution in [3.05, 3.63) is 60.2 Å². The Morgan fingerprint density at radius 3 is 2.19 bits per heavy atom. The van der Waals surface area contributed by atoms with Crippen LogP contribution in [0.3, 0.4) is 0 Å². The SMILES string of the molecule is N#CC1(NC(=O)COC(=O)CCC(=O)c2ccc(-c3ccccc3)cc2)CCCCC1. The summed E-state index contributed by atoms with van der Waals surface area (Å²) in [5.41, 5.74) is 1.74. The average Bonchev–Trinajstić information content (AvgIpc) is 2.82. The molecule has 31 heavy (non-hydrogen) atoms. The van der Waals surface area contributed by atoms with Crippen molar-refractivity contribution in [2.75, 3.05) is 6.61 Å². The molecule has 1 N–H and O–H groups in total. The number of hydrogen-bond acceptors (Lipinski definition) is 5. The number of benzene rings is 2. The van der Waals surface area contributed by atoms with E-state index in [-0.39, 0.29) is 18.6 Å². The highest BCUT2D eigenvalue weighted by Crippen LogP contribution is 2.27.